The van der Waals surface area contributed by atoms with Gasteiger partial charge in [0.1, 0.15) is 11.6 Å². The molecule has 0 saturated carbocycles. The van der Waals surface area contributed by atoms with Crippen molar-refractivity contribution < 1.29 is 9.72 Å². The first kappa shape index (κ1) is 23.6. The number of nitrogens with zero attached hydrogens (tertiary/aromatic N) is 5. The number of nitro groups is 1. The Bertz CT molecular complexity index is 966. The molecule has 2 aromatic rings. The summed E-state index contributed by atoms with van der Waals surface area (Å²) in [6, 6.07) is 6.66. The lowest BCUT2D eigenvalue weighted by Crippen LogP contribution is -2.50. The number of amides is 1. The smallest absolute Gasteiger partial charge is 0.269 e. The Labute approximate surface area is 189 Å². The van der Waals surface area contributed by atoms with E-state index in [1.807, 2.05) is 25.7 Å². The molecule has 172 valence electrons. The van der Waals surface area contributed by atoms with Crippen molar-refractivity contribution in [3.63, 3.8) is 0 Å². The lowest BCUT2D eigenvalue weighted by molar-refractivity contribution is -0.384. The molecular weight excluding hydrogens is 406 g/mol. The van der Waals surface area contributed by atoms with Gasteiger partial charge >= 0.3 is 0 Å². The van der Waals surface area contributed by atoms with Gasteiger partial charge in [-0.15, -0.1) is 0 Å². The van der Waals surface area contributed by atoms with Gasteiger partial charge in [0.2, 0.25) is 5.91 Å². The number of hydrogen-bond acceptors (Lipinski definition) is 6. The van der Waals surface area contributed by atoms with Gasteiger partial charge in [0.25, 0.3) is 5.69 Å². The van der Waals surface area contributed by atoms with Crippen molar-refractivity contribution in [1.29, 1.82) is 0 Å². The van der Waals surface area contributed by atoms with E-state index in [1.54, 1.807) is 12.1 Å². The molecule has 32 heavy (non-hydrogen) atoms. The Hall–Kier alpha value is -3.03. The molecule has 0 bridgehead atoms. The number of carbonyl (C=O) groups is 1. The summed E-state index contributed by atoms with van der Waals surface area (Å²) in [7, 11) is 0. The van der Waals surface area contributed by atoms with Crippen LogP contribution < -0.4 is 4.90 Å². The first-order chi connectivity index (χ1) is 15.2. The monoisotopic (exact) mass is 439 g/mol. The Morgan fingerprint density at radius 2 is 1.72 bits per heavy atom. The van der Waals surface area contributed by atoms with Crippen molar-refractivity contribution in [2.75, 3.05) is 31.1 Å². The molecule has 8 nitrogen and oxygen atoms in total. The van der Waals surface area contributed by atoms with E-state index < -0.39 is 0 Å². The van der Waals surface area contributed by atoms with Crippen molar-refractivity contribution in [3.8, 4) is 0 Å². The summed E-state index contributed by atoms with van der Waals surface area (Å²) in [6.45, 7) is 12.9. The highest BCUT2D eigenvalue weighted by atomic mass is 16.6. The Morgan fingerprint density at radius 3 is 2.25 bits per heavy atom. The molecule has 1 saturated heterocycles. The van der Waals surface area contributed by atoms with E-state index in [0.717, 1.165) is 48.0 Å². The number of aryl methyl sites for hydroxylation is 1. The SMILES string of the molecule is CC[C@@H](C)c1nc(C)c(Cc2ccc([N+](=O)[O-])cc2)c(N2CCN(C(=O)C(C)C)CC2)n1. The second kappa shape index (κ2) is 10.1. The molecule has 0 unspecified atom stereocenters. The number of piperazine rings is 1. The quantitative estimate of drug-likeness (QED) is 0.476. The topological polar surface area (TPSA) is 92.5 Å². The first-order valence-electron chi connectivity index (χ1n) is 11.4. The first-order valence-corrected chi connectivity index (χ1v) is 11.4. The molecular formula is C24H33N5O3. The van der Waals surface area contributed by atoms with Crippen LogP contribution in [-0.4, -0.2) is 51.9 Å². The largest absolute Gasteiger partial charge is 0.353 e. The van der Waals surface area contributed by atoms with Crippen LogP contribution in [0.5, 0.6) is 0 Å². The Morgan fingerprint density at radius 1 is 1.09 bits per heavy atom. The minimum Gasteiger partial charge on any atom is -0.353 e. The van der Waals surface area contributed by atoms with Gasteiger partial charge < -0.3 is 9.80 Å². The number of benzene rings is 1. The van der Waals surface area contributed by atoms with Crippen molar-refractivity contribution in [2.24, 2.45) is 5.92 Å². The zero-order valence-corrected chi connectivity index (χ0v) is 19.7. The van der Waals surface area contributed by atoms with Gasteiger partial charge in [-0.1, -0.05) is 39.8 Å². The van der Waals surface area contributed by atoms with Gasteiger partial charge in [-0.3, -0.25) is 14.9 Å². The molecule has 1 aliphatic rings. The zero-order chi connectivity index (χ0) is 23.4. The number of carbonyl (C=O) groups excluding carboxylic acids is 1. The lowest BCUT2D eigenvalue weighted by atomic mass is 10.0. The molecule has 1 fully saturated rings. The average Bonchev–Trinajstić information content (AvgIpc) is 2.79. The average molecular weight is 440 g/mol. The molecule has 3 rings (SSSR count). The predicted octanol–water partition coefficient (Wildman–Crippen LogP) is 4.10. The van der Waals surface area contributed by atoms with Crippen LogP contribution in [0.2, 0.25) is 0 Å². The molecule has 0 aliphatic carbocycles. The second-order valence-electron chi connectivity index (χ2n) is 8.85. The highest BCUT2D eigenvalue weighted by Gasteiger charge is 2.26. The molecule has 8 heteroatoms. The third-order valence-electron chi connectivity index (χ3n) is 6.18. The van der Waals surface area contributed by atoms with Crippen LogP contribution in [0.25, 0.3) is 0 Å². The number of hydrogen-bond donors (Lipinski definition) is 0. The molecule has 0 spiro atoms. The van der Waals surface area contributed by atoms with Crippen LogP contribution in [0.1, 0.15) is 62.7 Å². The third-order valence-corrected chi connectivity index (χ3v) is 6.18. The Kier molecular flexibility index (Phi) is 7.43. The van der Waals surface area contributed by atoms with E-state index in [4.69, 9.17) is 9.97 Å². The van der Waals surface area contributed by atoms with Crippen LogP contribution in [0, 0.1) is 23.0 Å². The highest BCUT2D eigenvalue weighted by molar-refractivity contribution is 5.78. The zero-order valence-electron chi connectivity index (χ0n) is 19.7. The standard InChI is InChI=1S/C24H33N5O3/c1-6-17(4)22-25-18(5)21(15-19-7-9-20(10-8-19)29(31)32)23(26-22)27-11-13-28(14-12-27)24(30)16(2)3/h7-10,16-17H,6,11-15H2,1-5H3/t17-/m1/s1. The van der Waals surface area contributed by atoms with E-state index in [0.29, 0.717) is 19.5 Å². The molecule has 2 heterocycles. The summed E-state index contributed by atoms with van der Waals surface area (Å²) >= 11 is 0. The van der Waals surface area contributed by atoms with Crippen LogP contribution in [0.3, 0.4) is 0 Å². The van der Waals surface area contributed by atoms with Gasteiger partial charge in [-0.2, -0.15) is 0 Å². The molecule has 1 aromatic carbocycles. The summed E-state index contributed by atoms with van der Waals surface area (Å²) in [5.41, 5.74) is 3.03. The van der Waals surface area contributed by atoms with Crippen molar-refractivity contribution >= 4 is 17.4 Å². The number of nitro benzene ring substituents is 1. The maximum atomic E-state index is 12.4. The van der Waals surface area contributed by atoms with Crippen LogP contribution in [0.4, 0.5) is 11.5 Å². The minimum absolute atomic E-state index is 0.00227. The fourth-order valence-electron chi connectivity index (χ4n) is 3.92. The van der Waals surface area contributed by atoms with Crippen LogP contribution in [-0.2, 0) is 11.2 Å². The summed E-state index contributed by atoms with van der Waals surface area (Å²) < 4.78 is 0. The van der Waals surface area contributed by atoms with Crippen molar-refractivity contribution in [3.05, 3.63) is 57.0 Å². The molecule has 1 amide bonds. The maximum absolute atomic E-state index is 12.4. The normalized spacial score (nSPS) is 15.2. The molecule has 1 aromatic heterocycles. The molecule has 1 aliphatic heterocycles. The number of rotatable bonds is 7. The maximum Gasteiger partial charge on any atom is 0.269 e. The fraction of sp³-hybridized carbons (Fsp3) is 0.542. The number of aromatic nitrogens is 2. The van der Waals surface area contributed by atoms with Gasteiger partial charge in [0, 0.05) is 67.8 Å². The summed E-state index contributed by atoms with van der Waals surface area (Å²) in [5.74, 6) is 2.20. The molecule has 0 N–H and O–H groups in total. The van der Waals surface area contributed by atoms with E-state index in [9.17, 15) is 14.9 Å². The molecule has 1 atom stereocenters. The van der Waals surface area contributed by atoms with Gasteiger partial charge in [-0.05, 0) is 18.9 Å². The van der Waals surface area contributed by atoms with E-state index in [1.165, 1.54) is 12.1 Å². The van der Waals surface area contributed by atoms with Crippen molar-refractivity contribution in [1.82, 2.24) is 14.9 Å². The van der Waals surface area contributed by atoms with E-state index in [2.05, 4.69) is 18.7 Å². The molecule has 0 radical (unpaired) electrons. The number of anilines is 1. The Balaban J connectivity index is 1.91. The highest BCUT2D eigenvalue weighted by Crippen LogP contribution is 2.28. The second-order valence-corrected chi connectivity index (χ2v) is 8.85. The van der Waals surface area contributed by atoms with E-state index in [-0.39, 0.29) is 28.4 Å². The summed E-state index contributed by atoms with van der Waals surface area (Å²) in [5, 5.41) is 11.0. The summed E-state index contributed by atoms with van der Waals surface area (Å²) in [6.07, 6.45) is 1.56. The minimum atomic E-state index is -0.386. The van der Waals surface area contributed by atoms with E-state index >= 15 is 0 Å². The van der Waals surface area contributed by atoms with Crippen LogP contribution >= 0.6 is 0 Å². The fourth-order valence-corrected chi connectivity index (χ4v) is 3.92. The van der Waals surface area contributed by atoms with Gasteiger partial charge in [0.05, 0.1) is 4.92 Å². The lowest BCUT2D eigenvalue weighted by Gasteiger charge is -2.37. The third kappa shape index (κ3) is 5.23. The number of non-ortho nitro benzene ring substituents is 1. The van der Waals surface area contributed by atoms with Gasteiger partial charge in [0.15, 0.2) is 0 Å². The van der Waals surface area contributed by atoms with Crippen LogP contribution in [0.15, 0.2) is 24.3 Å². The van der Waals surface area contributed by atoms with Crippen molar-refractivity contribution in [2.45, 2.75) is 53.4 Å². The summed E-state index contributed by atoms with van der Waals surface area (Å²) in [4.78, 5) is 37.0. The predicted molar refractivity (Wildman–Crippen MR) is 125 cm³/mol. The van der Waals surface area contributed by atoms with Gasteiger partial charge in [-0.25, -0.2) is 9.97 Å².